The summed E-state index contributed by atoms with van der Waals surface area (Å²) in [5.41, 5.74) is 0. The van der Waals surface area contributed by atoms with E-state index in [1.807, 2.05) is 30.3 Å². The predicted molar refractivity (Wildman–Crippen MR) is 92.8 cm³/mol. The van der Waals surface area contributed by atoms with Crippen molar-refractivity contribution in [2.75, 3.05) is 20.2 Å². The minimum atomic E-state index is -3.73. The Hall–Kier alpha value is -1.27. The van der Waals surface area contributed by atoms with Crippen molar-refractivity contribution in [3.63, 3.8) is 0 Å². The minimum Gasteiger partial charge on any atom is -0.494 e. The van der Waals surface area contributed by atoms with E-state index in [4.69, 9.17) is 27.9 Å². The van der Waals surface area contributed by atoms with E-state index in [9.17, 15) is 8.42 Å². The molecule has 2 aromatic rings. The number of nitrogens with zero attached hydrogens (tertiary/aromatic N) is 1. The van der Waals surface area contributed by atoms with Gasteiger partial charge in [0.2, 0.25) is 10.0 Å². The quantitative estimate of drug-likeness (QED) is 0.686. The summed E-state index contributed by atoms with van der Waals surface area (Å²) in [4.78, 5) is -0.0604. The molecule has 0 aliphatic carbocycles. The van der Waals surface area contributed by atoms with Gasteiger partial charge in [0, 0.05) is 13.6 Å². The molecule has 0 aliphatic heterocycles. The van der Waals surface area contributed by atoms with Gasteiger partial charge in [-0.05, 0) is 30.7 Å². The molecule has 0 radical (unpaired) electrons. The second-order valence-electron chi connectivity index (χ2n) is 4.89. The van der Waals surface area contributed by atoms with Crippen LogP contribution in [0, 0.1) is 0 Å². The fourth-order valence-corrected chi connectivity index (χ4v) is 4.29. The fourth-order valence-electron chi connectivity index (χ4n) is 2.00. The van der Waals surface area contributed by atoms with Crippen LogP contribution in [0.5, 0.6) is 5.75 Å². The molecule has 0 atom stereocenters. The first-order valence-corrected chi connectivity index (χ1v) is 9.20. The van der Waals surface area contributed by atoms with Crippen LogP contribution in [-0.4, -0.2) is 32.9 Å². The highest BCUT2D eigenvalue weighted by Crippen LogP contribution is 2.30. The molecule has 0 heterocycles. The van der Waals surface area contributed by atoms with Crippen molar-refractivity contribution in [3.05, 3.63) is 58.6 Å². The first kappa shape index (κ1) is 18.1. The molecule has 0 bridgehead atoms. The lowest BCUT2D eigenvalue weighted by atomic mass is 10.3. The molecular formula is C16H17Cl2NO3S. The smallest absolute Gasteiger partial charge is 0.245 e. The number of rotatable bonds is 7. The Morgan fingerprint density at radius 2 is 1.61 bits per heavy atom. The zero-order valence-electron chi connectivity index (χ0n) is 12.6. The summed E-state index contributed by atoms with van der Waals surface area (Å²) in [6, 6.07) is 14.0. The van der Waals surface area contributed by atoms with Gasteiger partial charge in [-0.2, -0.15) is 0 Å². The molecule has 0 fully saturated rings. The first-order valence-electron chi connectivity index (χ1n) is 7.01. The van der Waals surface area contributed by atoms with Gasteiger partial charge in [0.1, 0.15) is 10.6 Å². The van der Waals surface area contributed by atoms with Crippen molar-refractivity contribution < 1.29 is 13.2 Å². The van der Waals surface area contributed by atoms with E-state index in [2.05, 4.69) is 0 Å². The number of sulfonamides is 1. The van der Waals surface area contributed by atoms with Crippen LogP contribution >= 0.6 is 23.2 Å². The number of ether oxygens (including phenoxy) is 1. The molecule has 23 heavy (non-hydrogen) atoms. The highest BCUT2D eigenvalue weighted by molar-refractivity contribution is 7.89. The Kier molecular flexibility index (Phi) is 6.30. The standard InChI is InChI=1S/C16H17Cl2NO3S/c1-19(11-6-12-22-13-7-3-2-4-8-13)23(20,21)16-14(17)9-5-10-15(16)18/h2-5,7-10H,6,11-12H2,1H3. The Labute approximate surface area is 146 Å². The van der Waals surface area contributed by atoms with E-state index in [0.717, 1.165) is 5.75 Å². The molecule has 0 amide bonds. The van der Waals surface area contributed by atoms with Gasteiger partial charge in [-0.1, -0.05) is 47.5 Å². The summed E-state index contributed by atoms with van der Waals surface area (Å²) in [7, 11) is -2.23. The summed E-state index contributed by atoms with van der Waals surface area (Å²) in [5, 5.41) is 0.231. The van der Waals surface area contributed by atoms with E-state index >= 15 is 0 Å². The third kappa shape index (κ3) is 4.61. The molecule has 4 nitrogen and oxygen atoms in total. The monoisotopic (exact) mass is 373 g/mol. The van der Waals surface area contributed by atoms with Crippen LogP contribution in [0.15, 0.2) is 53.4 Å². The number of para-hydroxylation sites is 1. The predicted octanol–water partition coefficient (Wildman–Crippen LogP) is 4.08. The topological polar surface area (TPSA) is 46.6 Å². The maximum absolute atomic E-state index is 12.6. The van der Waals surface area contributed by atoms with E-state index in [-0.39, 0.29) is 14.9 Å². The highest BCUT2D eigenvalue weighted by atomic mass is 35.5. The maximum Gasteiger partial charge on any atom is 0.245 e. The Bertz CT molecular complexity index is 731. The molecule has 0 unspecified atom stereocenters. The SMILES string of the molecule is CN(CCCOc1ccccc1)S(=O)(=O)c1c(Cl)cccc1Cl. The fraction of sp³-hybridized carbons (Fsp3) is 0.250. The molecule has 2 rings (SSSR count). The summed E-state index contributed by atoms with van der Waals surface area (Å²) in [5.74, 6) is 0.757. The van der Waals surface area contributed by atoms with Crippen molar-refractivity contribution in [1.29, 1.82) is 0 Å². The molecule has 2 aromatic carbocycles. The van der Waals surface area contributed by atoms with Gasteiger partial charge in [0.25, 0.3) is 0 Å². The van der Waals surface area contributed by atoms with Crippen molar-refractivity contribution in [2.45, 2.75) is 11.3 Å². The van der Waals surface area contributed by atoms with Crippen molar-refractivity contribution in [1.82, 2.24) is 4.31 Å². The molecule has 7 heteroatoms. The van der Waals surface area contributed by atoms with Crippen LogP contribution in [0.1, 0.15) is 6.42 Å². The van der Waals surface area contributed by atoms with Crippen molar-refractivity contribution in [2.24, 2.45) is 0 Å². The van der Waals surface area contributed by atoms with Gasteiger partial charge in [-0.3, -0.25) is 0 Å². The number of halogens is 2. The van der Waals surface area contributed by atoms with Crippen LogP contribution in [0.4, 0.5) is 0 Å². The zero-order chi connectivity index (χ0) is 16.9. The summed E-state index contributed by atoms with van der Waals surface area (Å²) in [6.07, 6.45) is 0.548. The van der Waals surface area contributed by atoms with Crippen LogP contribution in [0.2, 0.25) is 10.0 Å². The molecule has 0 N–H and O–H groups in total. The van der Waals surface area contributed by atoms with Crippen LogP contribution in [0.3, 0.4) is 0 Å². The maximum atomic E-state index is 12.6. The molecule has 0 saturated heterocycles. The van der Waals surface area contributed by atoms with Crippen LogP contribution < -0.4 is 4.74 Å². The molecule has 0 saturated carbocycles. The van der Waals surface area contributed by atoms with Gasteiger partial charge in [-0.25, -0.2) is 12.7 Å². The molecule has 0 spiro atoms. The van der Waals surface area contributed by atoms with Gasteiger partial charge in [0.05, 0.1) is 16.7 Å². The lowest BCUT2D eigenvalue weighted by molar-refractivity contribution is 0.296. The summed E-state index contributed by atoms with van der Waals surface area (Å²) < 4.78 is 31.9. The number of benzene rings is 2. The highest BCUT2D eigenvalue weighted by Gasteiger charge is 2.26. The average Bonchev–Trinajstić information content (AvgIpc) is 2.52. The number of hydrogen-bond donors (Lipinski definition) is 0. The van der Waals surface area contributed by atoms with E-state index in [1.54, 1.807) is 6.07 Å². The Morgan fingerprint density at radius 3 is 2.22 bits per heavy atom. The first-order chi connectivity index (χ1) is 10.9. The lowest BCUT2D eigenvalue weighted by Gasteiger charge is -2.18. The van der Waals surface area contributed by atoms with Gasteiger partial charge < -0.3 is 4.74 Å². The van der Waals surface area contributed by atoms with Gasteiger partial charge in [0.15, 0.2) is 0 Å². The largest absolute Gasteiger partial charge is 0.494 e. The number of hydrogen-bond acceptors (Lipinski definition) is 3. The van der Waals surface area contributed by atoms with E-state index in [0.29, 0.717) is 19.6 Å². The second kappa shape index (κ2) is 8.02. The van der Waals surface area contributed by atoms with Crippen molar-refractivity contribution >= 4 is 33.2 Å². The third-order valence-electron chi connectivity index (χ3n) is 3.22. The Balaban J connectivity index is 1.96. The average molecular weight is 374 g/mol. The zero-order valence-corrected chi connectivity index (χ0v) is 14.9. The molecule has 124 valence electrons. The Morgan fingerprint density at radius 1 is 1.00 bits per heavy atom. The van der Waals surface area contributed by atoms with E-state index < -0.39 is 10.0 Å². The van der Waals surface area contributed by atoms with Gasteiger partial charge >= 0.3 is 0 Å². The molecular weight excluding hydrogens is 357 g/mol. The minimum absolute atomic E-state index is 0.0604. The van der Waals surface area contributed by atoms with Crippen LogP contribution in [0.25, 0.3) is 0 Å². The molecule has 0 aliphatic rings. The lowest BCUT2D eigenvalue weighted by Crippen LogP contribution is -2.29. The molecule has 0 aromatic heterocycles. The second-order valence-corrected chi connectivity index (χ2v) is 7.69. The van der Waals surface area contributed by atoms with E-state index in [1.165, 1.54) is 23.5 Å². The normalized spacial score (nSPS) is 11.7. The van der Waals surface area contributed by atoms with Crippen molar-refractivity contribution in [3.8, 4) is 5.75 Å². The third-order valence-corrected chi connectivity index (χ3v) is 6.03. The van der Waals surface area contributed by atoms with Gasteiger partial charge in [-0.15, -0.1) is 0 Å². The summed E-state index contributed by atoms with van der Waals surface area (Å²) in [6.45, 7) is 0.719. The van der Waals surface area contributed by atoms with Crippen LogP contribution in [-0.2, 0) is 10.0 Å². The summed E-state index contributed by atoms with van der Waals surface area (Å²) >= 11 is 12.0.